The number of pyridine rings is 2. The van der Waals surface area contributed by atoms with Gasteiger partial charge in [0.05, 0.1) is 17.0 Å². The zero-order chi connectivity index (χ0) is 22.6. The molecule has 0 atom stereocenters. The molecule has 5 nitrogen and oxygen atoms in total. The van der Waals surface area contributed by atoms with Gasteiger partial charge in [-0.05, 0) is 36.2 Å². The summed E-state index contributed by atoms with van der Waals surface area (Å²) in [5, 5.41) is 2.74. The van der Waals surface area contributed by atoms with E-state index in [1.165, 1.54) is 24.5 Å². The molecule has 0 radical (unpaired) electrons. The first kappa shape index (κ1) is 22.2. The van der Waals surface area contributed by atoms with Crippen LogP contribution in [0, 0.1) is 5.82 Å². The zero-order valence-electron chi connectivity index (χ0n) is 16.8. The minimum Gasteiger partial charge on any atom is -0.457 e. The number of carbonyl (C=O) groups excluding carboxylic acids is 1. The third-order valence-electron chi connectivity index (χ3n) is 4.37. The van der Waals surface area contributed by atoms with E-state index in [0.717, 1.165) is 17.7 Å². The van der Waals surface area contributed by atoms with Crippen molar-refractivity contribution < 1.29 is 27.1 Å². The number of aromatic nitrogens is 2. The molecule has 1 aliphatic rings. The summed E-state index contributed by atoms with van der Waals surface area (Å²) >= 11 is 0. The fraction of sp³-hybridized carbons (Fsp3) is 0.227. The minimum atomic E-state index is -4.70. The molecule has 1 N–H and O–H groups in total. The molecule has 0 aliphatic carbocycles. The lowest BCUT2D eigenvalue weighted by atomic mass is 9.97. The summed E-state index contributed by atoms with van der Waals surface area (Å²) in [4.78, 5) is 20.5. The number of rotatable bonds is 3. The van der Waals surface area contributed by atoms with Gasteiger partial charge in [0, 0.05) is 36.6 Å². The van der Waals surface area contributed by atoms with Crippen LogP contribution in [0.2, 0.25) is 0 Å². The van der Waals surface area contributed by atoms with Crippen molar-refractivity contribution in [2.75, 3.05) is 6.54 Å². The van der Waals surface area contributed by atoms with Gasteiger partial charge < -0.3 is 10.1 Å². The van der Waals surface area contributed by atoms with Crippen molar-refractivity contribution in [1.82, 2.24) is 15.3 Å². The lowest BCUT2D eigenvalue weighted by Gasteiger charge is -2.18. The highest BCUT2D eigenvalue weighted by atomic mass is 19.4. The van der Waals surface area contributed by atoms with Crippen molar-refractivity contribution in [2.45, 2.75) is 26.4 Å². The molecule has 9 heteroatoms. The summed E-state index contributed by atoms with van der Waals surface area (Å²) < 4.78 is 57.7. The van der Waals surface area contributed by atoms with Gasteiger partial charge in [-0.15, -0.1) is 0 Å². The number of nitrogens with one attached hydrogen (secondary N) is 1. The number of alkyl halides is 3. The minimum absolute atomic E-state index is 0.161. The van der Waals surface area contributed by atoms with Gasteiger partial charge >= 0.3 is 6.18 Å². The van der Waals surface area contributed by atoms with E-state index >= 15 is 0 Å². The predicted octanol–water partition coefficient (Wildman–Crippen LogP) is 5.41. The number of hydrogen-bond acceptors (Lipinski definition) is 4. The van der Waals surface area contributed by atoms with Gasteiger partial charge in [0.2, 0.25) is 0 Å². The van der Waals surface area contributed by atoms with Crippen LogP contribution in [0.15, 0.2) is 48.8 Å². The highest BCUT2D eigenvalue weighted by Crippen LogP contribution is 2.34. The zero-order valence-corrected chi connectivity index (χ0v) is 16.8. The van der Waals surface area contributed by atoms with Crippen LogP contribution < -0.4 is 10.1 Å². The molecule has 2 aromatic heterocycles. The Morgan fingerprint density at radius 2 is 1.74 bits per heavy atom. The van der Waals surface area contributed by atoms with Gasteiger partial charge in [-0.2, -0.15) is 13.2 Å². The normalized spacial score (nSPS) is 12.9. The Labute approximate surface area is 176 Å². The Bertz CT molecular complexity index is 1100. The second kappa shape index (κ2) is 9.11. The van der Waals surface area contributed by atoms with Gasteiger partial charge in [-0.25, -0.2) is 4.39 Å². The molecular formula is C22H19F4N3O2. The number of ether oxygens (including phenoxy) is 1. The fourth-order valence-corrected chi connectivity index (χ4v) is 3.10. The quantitative estimate of drug-likeness (QED) is 0.562. The molecule has 31 heavy (non-hydrogen) atoms. The van der Waals surface area contributed by atoms with Gasteiger partial charge in [-0.1, -0.05) is 13.8 Å². The number of hydrogen-bond donors (Lipinski definition) is 1. The summed E-state index contributed by atoms with van der Waals surface area (Å²) in [6, 6.07) is 6.50. The van der Waals surface area contributed by atoms with Crippen LogP contribution in [0.5, 0.6) is 11.5 Å². The maximum absolute atomic E-state index is 13.6. The summed E-state index contributed by atoms with van der Waals surface area (Å²) in [6.07, 6.45) is -1.25. The fourth-order valence-electron chi connectivity index (χ4n) is 3.10. The van der Waals surface area contributed by atoms with Crippen molar-refractivity contribution in [2.24, 2.45) is 0 Å². The SMILES string of the molecule is CC.O=C1NCCc2c1ccnc2-c1cc(Oc2cc(F)cc(C(F)(F)F)c2)ccn1. The monoisotopic (exact) mass is 433 g/mol. The summed E-state index contributed by atoms with van der Waals surface area (Å²) in [7, 11) is 0. The van der Waals surface area contributed by atoms with E-state index in [1.54, 1.807) is 6.07 Å². The largest absolute Gasteiger partial charge is 0.457 e. The van der Waals surface area contributed by atoms with Crippen LogP contribution in [-0.2, 0) is 12.6 Å². The number of amides is 1. The Balaban J connectivity index is 0.00000132. The number of fused-ring (bicyclic) bond motifs is 1. The number of halogens is 4. The molecular weight excluding hydrogens is 414 g/mol. The molecule has 4 rings (SSSR count). The maximum Gasteiger partial charge on any atom is 0.416 e. The van der Waals surface area contributed by atoms with Gasteiger partial charge in [-0.3, -0.25) is 14.8 Å². The van der Waals surface area contributed by atoms with Crippen LogP contribution in [0.3, 0.4) is 0 Å². The highest BCUT2D eigenvalue weighted by molar-refractivity contribution is 5.98. The van der Waals surface area contributed by atoms with Gasteiger partial charge in [0.15, 0.2) is 0 Å². The van der Waals surface area contributed by atoms with Gasteiger partial charge in [0.25, 0.3) is 5.91 Å². The standard InChI is InChI=1S/C20H13F4N3O2.C2H6/c21-12-7-11(20(22,23)24)8-14(9-12)29-13-1-4-25-17(10-13)18-15-2-6-27-19(28)16(15)3-5-26-18;1-2/h1,3-5,7-10H,2,6H2,(H,27,28);1-2H3. The Kier molecular flexibility index (Phi) is 6.53. The molecule has 0 saturated heterocycles. The molecule has 1 aliphatic heterocycles. The van der Waals surface area contributed by atoms with Crippen molar-refractivity contribution >= 4 is 5.91 Å². The van der Waals surface area contributed by atoms with Crippen LogP contribution >= 0.6 is 0 Å². The van der Waals surface area contributed by atoms with E-state index in [1.807, 2.05) is 13.8 Å². The number of carbonyl (C=O) groups is 1. The molecule has 0 fully saturated rings. The lowest BCUT2D eigenvalue weighted by Crippen LogP contribution is -2.32. The summed E-state index contributed by atoms with van der Waals surface area (Å²) in [5.74, 6) is -1.40. The van der Waals surface area contributed by atoms with E-state index in [0.29, 0.717) is 36.0 Å². The molecule has 3 aromatic rings. The van der Waals surface area contributed by atoms with Crippen molar-refractivity contribution in [1.29, 1.82) is 0 Å². The molecule has 0 unspecified atom stereocenters. The van der Waals surface area contributed by atoms with Crippen LogP contribution in [0.1, 0.15) is 35.3 Å². The molecule has 3 heterocycles. The third kappa shape index (κ3) is 4.99. The first-order valence-corrected chi connectivity index (χ1v) is 9.59. The molecule has 162 valence electrons. The average molecular weight is 433 g/mol. The predicted molar refractivity (Wildman–Crippen MR) is 106 cm³/mol. The first-order valence-electron chi connectivity index (χ1n) is 9.59. The van der Waals surface area contributed by atoms with Crippen LogP contribution in [0.4, 0.5) is 17.6 Å². The van der Waals surface area contributed by atoms with E-state index < -0.39 is 17.6 Å². The Morgan fingerprint density at radius 1 is 1.00 bits per heavy atom. The van der Waals surface area contributed by atoms with Gasteiger partial charge in [0.1, 0.15) is 17.3 Å². The number of benzene rings is 1. The summed E-state index contributed by atoms with van der Waals surface area (Å²) in [6.45, 7) is 4.46. The molecule has 1 amide bonds. The lowest BCUT2D eigenvalue weighted by molar-refractivity contribution is -0.137. The third-order valence-corrected chi connectivity index (χ3v) is 4.37. The molecule has 1 aromatic carbocycles. The topological polar surface area (TPSA) is 64.1 Å². The Morgan fingerprint density at radius 3 is 2.48 bits per heavy atom. The summed E-state index contributed by atoms with van der Waals surface area (Å²) in [5.41, 5.74) is 0.950. The maximum atomic E-state index is 13.6. The second-order valence-corrected chi connectivity index (χ2v) is 6.34. The first-order chi connectivity index (χ1) is 14.8. The van der Waals surface area contributed by atoms with Crippen LogP contribution in [-0.4, -0.2) is 22.4 Å². The molecule has 0 bridgehead atoms. The van der Waals surface area contributed by atoms with Crippen molar-refractivity contribution in [3.05, 3.63) is 71.3 Å². The Hall–Kier alpha value is -3.49. The molecule has 0 saturated carbocycles. The van der Waals surface area contributed by atoms with Crippen molar-refractivity contribution in [3.8, 4) is 22.9 Å². The van der Waals surface area contributed by atoms with Crippen molar-refractivity contribution in [3.63, 3.8) is 0 Å². The highest BCUT2D eigenvalue weighted by Gasteiger charge is 2.31. The van der Waals surface area contributed by atoms with E-state index in [4.69, 9.17) is 4.74 Å². The van der Waals surface area contributed by atoms with E-state index in [-0.39, 0.29) is 17.4 Å². The van der Waals surface area contributed by atoms with Crippen LogP contribution in [0.25, 0.3) is 11.4 Å². The van der Waals surface area contributed by atoms with E-state index in [2.05, 4.69) is 15.3 Å². The van der Waals surface area contributed by atoms with E-state index in [9.17, 15) is 22.4 Å². The smallest absolute Gasteiger partial charge is 0.416 e. The average Bonchev–Trinajstić information content (AvgIpc) is 2.74. The second-order valence-electron chi connectivity index (χ2n) is 6.34. The number of nitrogens with zero attached hydrogens (tertiary/aromatic N) is 2. The molecule has 0 spiro atoms.